The summed E-state index contributed by atoms with van der Waals surface area (Å²) >= 11 is 0. The predicted molar refractivity (Wildman–Crippen MR) is 122 cm³/mol. The van der Waals surface area contributed by atoms with E-state index in [4.69, 9.17) is 27.3 Å². The van der Waals surface area contributed by atoms with Gasteiger partial charge in [0.25, 0.3) is 0 Å². The zero-order valence-electron chi connectivity index (χ0n) is 30.0. The lowest BCUT2D eigenvalue weighted by Gasteiger charge is -2.35. The van der Waals surface area contributed by atoms with Gasteiger partial charge in [0, 0.05) is 49.3 Å². The number of carbonyl (C=O) groups excluding carboxylic acids is 1. The molecule has 0 aliphatic carbocycles. The van der Waals surface area contributed by atoms with Crippen molar-refractivity contribution in [2.24, 2.45) is 0 Å². The first kappa shape index (κ1) is 11.3. The van der Waals surface area contributed by atoms with Crippen molar-refractivity contribution in [3.8, 4) is 11.5 Å². The summed E-state index contributed by atoms with van der Waals surface area (Å²) in [5.74, 6) is -0.795. The van der Waals surface area contributed by atoms with E-state index in [0.29, 0.717) is 11.5 Å². The molecule has 1 unspecified atom stereocenters. The molecule has 1 atom stereocenters. The summed E-state index contributed by atoms with van der Waals surface area (Å²) in [6.07, 6.45) is -1.63. The average Bonchev–Trinajstić information content (AvgIpc) is 2.93. The molecule has 1 heterocycles. The van der Waals surface area contributed by atoms with E-state index in [1.807, 2.05) is 5.32 Å². The van der Waals surface area contributed by atoms with Gasteiger partial charge in [-0.25, -0.2) is 0 Å². The zero-order valence-corrected chi connectivity index (χ0v) is 17.0. The maximum atomic E-state index is 13.2. The molecule has 168 valence electrons. The van der Waals surface area contributed by atoms with Crippen molar-refractivity contribution in [1.82, 2.24) is 9.80 Å². The van der Waals surface area contributed by atoms with Crippen LogP contribution in [0.2, 0.25) is 0 Å². The summed E-state index contributed by atoms with van der Waals surface area (Å²) < 4.78 is 115. The first-order valence-electron chi connectivity index (χ1n) is 16.1. The smallest absolute Gasteiger partial charge is 0.238 e. The fraction of sp³-hybridized carbons (Fsp3) is 0.458. The molecule has 1 saturated heterocycles. The summed E-state index contributed by atoms with van der Waals surface area (Å²) in [6, 6.07) is 3.65. The molecule has 2 aromatic rings. The van der Waals surface area contributed by atoms with E-state index >= 15 is 0 Å². The van der Waals surface area contributed by atoms with Crippen molar-refractivity contribution in [2.45, 2.75) is 19.8 Å². The Morgan fingerprint density at radius 1 is 1.19 bits per heavy atom. The van der Waals surface area contributed by atoms with E-state index in [1.54, 1.807) is 24.3 Å². The van der Waals surface area contributed by atoms with Gasteiger partial charge in [-0.15, -0.1) is 0 Å². The Balaban J connectivity index is 1.78. The summed E-state index contributed by atoms with van der Waals surface area (Å²) in [6.45, 7) is -12.8. The van der Waals surface area contributed by atoms with Crippen LogP contribution < -0.4 is 14.8 Å². The van der Waals surface area contributed by atoms with Crippen LogP contribution in [0.5, 0.6) is 11.5 Å². The molecule has 0 radical (unpaired) electrons. The lowest BCUT2D eigenvalue weighted by molar-refractivity contribution is -0.117. The van der Waals surface area contributed by atoms with Gasteiger partial charge in [-0.05, 0) is 37.0 Å². The highest BCUT2D eigenvalue weighted by atomic mass is 16.5. The number of methoxy groups -OCH3 is 1. The number of para-hydroxylation sites is 3. The van der Waals surface area contributed by atoms with E-state index < -0.39 is 80.3 Å². The minimum atomic E-state index is -3.19. The van der Waals surface area contributed by atoms with Gasteiger partial charge in [-0.1, -0.05) is 30.3 Å². The highest BCUT2D eigenvalue weighted by Crippen LogP contribution is 2.25. The number of amides is 1. The lowest BCUT2D eigenvalue weighted by Crippen LogP contribution is -2.50. The Morgan fingerprint density at radius 3 is 2.48 bits per heavy atom. The fourth-order valence-electron chi connectivity index (χ4n) is 2.92. The van der Waals surface area contributed by atoms with Gasteiger partial charge in [-0.2, -0.15) is 0 Å². The fourth-order valence-corrected chi connectivity index (χ4v) is 2.92. The SMILES string of the molecule is [2H]c1c([2H])c(C([2H])([2H])[2H])c(NC(=O)C([2H])([2H])N2CCN(C([2H])([2H])C(O)COc3ccccc3OC)CC2)c(C([2H])([2H])[2H])c1[2H]. The monoisotopic (exact) mass is 440 g/mol. The van der Waals surface area contributed by atoms with E-state index in [0.717, 1.165) is 4.90 Å². The van der Waals surface area contributed by atoms with Gasteiger partial charge in [0.15, 0.2) is 11.5 Å². The van der Waals surface area contributed by atoms with Crippen LogP contribution in [-0.4, -0.2) is 79.8 Å². The van der Waals surface area contributed by atoms with Gasteiger partial charge >= 0.3 is 0 Å². The molecule has 1 aliphatic rings. The van der Waals surface area contributed by atoms with Gasteiger partial charge in [0.1, 0.15) is 12.7 Å². The third-order valence-corrected chi connectivity index (χ3v) is 4.45. The highest BCUT2D eigenvalue weighted by Gasteiger charge is 2.21. The molecule has 1 amide bonds. The quantitative estimate of drug-likeness (QED) is 0.623. The van der Waals surface area contributed by atoms with Crippen molar-refractivity contribution in [1.29, 1.82) is 0 Å². The zero-order chi connectivity index (χ0) is 33.4. The standard InChI is InChI=1S/C24H33N3O4/c1-18-7-6-8-19(2)24(18)25-23(29)16-27-13-11-26(12-14-27)15-20(28)17-31-22-10-5-4-9-21(22)30-3/h4-10,20,28H,11-17H2,1-3H3,(H,25,29)/i1D3,2D3,6D,7D,8D,15D2,16D2. The molecule has 0 aromatic heterocycles. The van der Waals surface area contributed by atoms with Crippen LogP contribution in [0, 0.1) is 13.7 Å². The Labute approximate surface area is 202 Å². The molecule has 7 heteroatoms. The Morgan fingerprint density at radius 2 is 1.84 bits per heavy atom. The Bertz CT molecular complexity index is 1320. The second kappa shape index (κ2) is 11.1. The first-order valence-corrected chi connectivity index (χ1v) is 9.55. The Hall–Kier alpha value is -2.61. The van der Waals surface area contributed by atoms with Crippen LogP contribution in [-0.2, 0) is 4.79 Å². The number of rotatable bonds is 9. The van der Waals surface area contributed by atoms with Gasteiger partial charge in [0.05, 0.1) is 20.5 Å². The van der Waals surface area contributed by atoms with Crippen LogP contribution in [0.1, 0.15) is 28.9 Å². The third kappa shape index (κ3) is 6.69. The number of carbonyl (C=O) groups is 1. The minimum Gasteiger partial charge on any atom is -0.493 e. The summed E-state index contributed by atoms with van der Waals surface area (Å²) in [5, 5.41) is 12.6. The number of anilines is 1. The molecule has 1 fully saturated rings. The van der Waals surface area contributed by atoms with Gasteiger partial charge in [-0.3, -0.25) is 14.6 Å². The van der Waals surface area contributed by atoms with Crippen LogP contribution in [0.25, 0.3) is 0 Å². The topological polar surface area (TPSA) is 74.3 Å². The van der Waals surface area contributed by atoms with Crippen LogP contribution >= 0.6 is 0 Å². The van der Waals surface area contributed by atoms with Crippen molar-refractivity contribution < 1.29 is 37.2 Å². The average molecular weight is 441 g/mol. The van der Waals surface area contributed by atoms with Crippen molar-refractivity contribution in [3.63, 3.8) is 0 Å². The second-order valence-electron chi connectivity index (χ2n) is 6.65. The molecule has 0 saturated carbocycles. The number of aliphatic hydroxyl groups excluding tert-OH is 1. The highest BCUT2D eigenvalue weighted by molar-refractivity contribution is 5.93. The van der Waals surface area contributed by atoms with Crippen molar-refractivity contribution in [3.05, 3.63) is 53.5 Å². The number of nitrogens with one attached hydrogen (secondary N) is 1. The first-order chi connectivity index (χ1) is 20.1. The number of benzene rings is 2. The van der Waals surface area contributed by atoms with Crippen LogP contribution in [0.15, 0.2) is 42.4 Å². The maximum absolute atomic E-state index is 13.2. The van der Waals surface area contributed by atoms with Crippen LogP contribution in [0.3, 0.4) is 0 Å². The molecule has 3 rings (SSSR count). The molecule has 0 spiro atoms. The number of β-amino-alcohol motifs (C(OH)–C–C–N with tert-alkyl or cyclic N) is 1. The molecule has 1 aliphatic heterocycles. The van der Waals surface area contributed by atoms with E-state index in [1.165, 1.54) is 12.0 Å². The van der Waals surface area contributed by atoms with Crippen molar-refractivity contribution >= 4 is 11.6 Å². The minimum absolute atomic E-state index is 0.145. The number of hydrogen-bond acceptors (Lipinski definition) is 6. The second-order valence-corrected chi connectivity index (χ2v) is 6.65. The van der Waals surface area contributed by atoms with E-state index in [9.17, 15) is 9.90 Å². The maximum Gasteiger partial charge on any atom is 0.238 e. The van der Waals surface area contributed by atoms with E-state index in [-0.39, 0.29) is 26.2 Å². The third-order valence-electron chi connectivity index (χ3n) is 4.45. The predicted octanol–water partition coefficient (Wildman–Crippen LogP) is 2.31. The molecule has 31 heavy (non-hydrogen) atoms. The molecule has 2 N–H and O–H groups in total. The van der Waals surface area contributed by atoms with Gasteiger partial charge in [0.2, 0.25) is 5.91 Å². The lowest BCUT2D eigenvalue weighted by atomic mass is 10.1. The summed E-state index contributed by atoms with van der Waals surface area (Å²) in [4.78, 5) is 15.5. The number of nitrogens with zero attached hydrogens (tertiary/aromatic N) is 2. The number of hydrogen-bond donors (Lipinski definition) is 2. The Kier molecular flexibility index (Phi) is 4.06. The number of aliphatic hydroxyl groups is 1. The molecule has 2 aromatic carbocycles. The molecular formula is C24H33N3O4. The van der Waals surface area contributed by atoms with Crippen LogP contribution in [0.4, 0.5) is 5.69 Å². The van der Waals surface area contributed by atoms with Crippen molar-refractivity contribution in [2.75, 3.05) is 58.2 Å². The summed E-state index contributed by atoms with van der Waals surface area (Å²) in [7, 11) is 1.43. The number of piperazine rings is 1. The molecule has 7 nitrogen and oxygen atoms in total. The van der Waals surface area contributed by atoms with E-state index in [2.05, 4.69) is 0 Å². The summed E-state index contributed by atoms with van der Waals surface area (Å²) in [5.41, 5.74) is -2.95. The normalized spacial score (nSPS) is 23.9. The molecule has 0 bridgehead atoms. The number of ether oxygens (including phenoxy) is 2. The van der Waals surface area contributed by atoms with Gasteiger partial charge < -0.3 is 19.9 Å². The molecular weight excluding hydrogens is 394 g/mol. The largest absolute Gasteiger partial charge is 0.493 e.